The zero-order chi connectivity index (χ0) is 19.3. The normalized spacial score (nSPS) is 13.5. The Morgan fingerprint density at radius 1 is 1.00 bits per heavy atom. The third-order valence-electron chi connectivity index (χ3n) is 5.21. The second-order valence-corrected chi connectivity index (χ2v) is 8.00. The summed E-state index contributed by atoms with van der Waals surface area (Å²) in [6.07, 6.45) is 3.75. The lowest BCUT2D eigenvalue weighted by atomic mass is 9.99. The maximum absolute atomic E-state index is 4.42. The van der Waals surface area contributed by atoms with Gasteiger partial charge in [0.05, 0.1) is 11.9 Å². The van der Waals surface area contributed by atoms with Gasteiger partial charge in [-0.15, -0.1) is 11.3 Å². The average Bonchev–Trinajstić information content (AvgIpc) is 3.13. The monoisotopic (exact) mass is 381 g/mol. The average molecular weight is 382 g/mol. The largest absolute Gasteiger partial charge is 0.341 e. The van der Waals surface area contributed by atoms with Gasteiger partial charge in [0.25, 0.3) is 0 Å². The van der Waals surface area contributed by atoms with Crippen molar-refractivity contribution in [2.24, 2.45) is 0 Å². The van der Waals surface area contributed by atoms with Crippen LogP contribution in [0.15, 0.2) is 85.3 Å². The minimum absolute atomic E-state index is 0.773. The molecular formula is C24H19N3S. The van der Waals surface area contributed by atoms with E-state index in [-0.39, 0.29) is 0 Å². The molecule has 4 aromatic rings. The molecule has 0 unspecified atom stereocenters. The van der Waals surface area contributed by atoms with Crippen molar-refractivity contribution < 1.29 is 0 Å². The van der Waals surface area contributed by atoms with Crippen molar-refractivity contribution in [1.29, 1.82) is 0 Å². The fourth-order valence-electron chi connectivity index (χ4n) is 3.82. The molecule has 0 amide bonds. The molecule has 0 radical (unpaired) electrons. The van der Waals surface area contributed by atoms with Crippen LogP contribution in [0, 0.1) is 6.92 Å². The van der Waals surface area contributed by atoms with Gasteiger partial charge in [-0.3, -0.25) is 9.88 Å². The van der Waals surface area contributed by atoms with Crippen LogP contribution in [0.1, 0.15) is 10.4 Å². The van der Waals surface area contributed by atoms with Gasteiger partial charge in [0, 0.05) is 38.8 Å². The quantitative estimate of drug-likeness (QED) is 0.421. The number of thiophene rings is 1. The third kappa shape index (κ3) is 2.53. The number of benzene rings is 2. The maximum atomic E-state index is 4.42. The number of rotatable bonds is 2. The lowest BCUT2D eigenvalue weighted by Crippen LogP contribution is -2.29. The van der Waals surface area contributed by atoms with Crippen LogP contribution < -0.4 is 10.2 Å². The molecule has 0 aliphatic carbocycles. The first-order valence-electron chi connectivity index (χ1n) is 9.10. The van der Waals surface area contributed by atoms with E-state index >= 15 is 0 Å². The van der Waals surface area contributed by atoms with Crippen LogP contribution in [0.5, 0.6) is 0 Å². The summed E-state index contributed by atoms with van der Waals surface area (Å²) in [5, 5.41) is 7.81. The summed E-state index contributed by atoms with van der Waals surface area (Å²) in [7, 11) is 0. The molecular weight excluding hydrogens is 362 g/mol. The fraction of sp³-hybridized carbons (Fsp3) is 0.0417. The standard InChI is InChI=1S/C24H19N3S/c1-15-20-9-8-18(21-10-11-28-16(21)2)12-23(20)26-17(3)27(15)24-14-25-13-19-6-4-5-7-22(19)24/h4-14,26H,1,3H2,2H3. The van der Waals surface area contributed by atoms with Crippen molar-refractivity contribution in [3.05, 3.63) is 95.7 Å². The number of pyridine rings is 1. The number of hydrogen-bond acceptors (Lipinski definition) is 4. The number of nitrogens with one attached hydrogen (secondary N) is 1. The Morgan fingerprint density at radius 3 is 2.68 bits per heavy atom. The van der Waals surface area contributed by atoms with Crippen molar-refractivity contribution in [2.75, 3.05) is 10.2 Å². The van der Waals surface area contributed by atoms with Crippen molar-refractivity contribution in [1.82, 2.24) is 4.98 Å². The molecule has 0 spiro atoms. The molecule has 0 atom stereocenters. The van der Waals surface area contributed by atoms with E-state index in [9.17, 15) is 0 Å². The Hall–Kier alpha value is -3.37. The first-order valence-corrected chi connectivity index (χ1v) is 9.98. The van der Waals surface area contributed by atoms with Crippen molar-refractivity contribution in [2.45, 2.75) is 6.92 Å². The Labute approximate surface area is 168 Å². The number of aromatic nitrogens is 1. The minimum atomic E-state index is 0.773. The summed E-state index contributed by atoms with van der Waals surface area (Å²) in [4.78, 5) is 7.79. The molecule has 2 aromatic carbocycles. The highest BCUT2D eigenvalue weighted by Crippen LogP contribution is 2.41. The summed E-state index contributed by atoms with van der Waals surface area (Å²) in [6.45, 7) is 10.8. The first kappa shape index (κ1) is 16.8. The summed E-state index contributed by atoms with van der Waals surface area (Å²) in [5.41, 5.74) is 6.44. The topological polar surface area (TPSA) is 28.2 Å². The van der Waals surface area contributed by atoms with Gasteiger partial charge in [0.2, 0.25) is 0 Å². The molecule has 3 heterocycles. The van der Waals surface area contributed by atoms with Gasteiger partial charge in [-0.25, -0.2) is 0 Å². The van der Waals surface area contributed by atoms with E-state index in [4.69, 9.17) is 0 Å². The number of nitrogens with zero attached hydrogens (tertiary/aromatic N) is 2. The van der Waals surface area contributed by atoms with E-state index in [1.54, 1.807) is 11.3 Å². The van der Waals surface area contributed by atoms with Crippen molar-refractivity contribution >= 4 is 39.2 Å². The maximum Gasteiger partial charge on any atom is 0.108 e. The molecule has 1 N–H and O–H groups in total. The van der Waals surface area contributed by atoms with E-state index in [1.807, 2.05) is 29.4 Å². The molecule has 5 rings (SSSR count). The summed E-state index contributed by atoms with van der Waals surface area (Å²) in [5.74, 6) is 0.773. The Kier molecular flexibility index (Phi) is 3.81. The molecule has 1 aliphatic heterocycles. The van der Waals surface area contributed by atoms with Crippen LogP contribution in [0.4, 0.5) is 11.4 Å². The van der Waals surface area contributed by atoms with Crippen molar-refractivity contribution in [3.8, 4) is 11.1 Å². The van der Waals surface area contributed by atoms with Crippen LogP contribution >= 0.6 is 11.3 Å². The Bertz CT molecular complexity index is 1250. The highest BCUT2D eigenvalue weighted by molar-refractivity contribution is 7.10. The Balaban J connectivity index is 1.61. The van der Waals surface area contributed by atoms with Gasteiger partial charge in [-0.05, 0) is 35.6 Å². The molecule has 0 bridgehead atoms. The van der Waals surface area contributed by atoms with E-state index in [2.05, 4.69) is 72.2 Å². The molecule has 2 aromatic heterocycles. The van der Waals surface area contributed by atoms with Crippen LogP contribution in [0.25, 0.3) is 27.6 Å². The number of hydrogen-bond donors (Lipinski definition) is 1. The highest BCUT2D eigenvalue weighted by atomic mass is 32.1. The lowest BCUT2D eigenvalue weighted by molar-refractivity contribution is 1.14. The van der Waals surface area contributed by atoms with Gasteiger partial charge >= 0.3 is 0 Å². The summed E-state index contributed by atoms with van der Waals surface area (Å²) in [6, 6.07) is 16.9. The second kappa shape index (κ2) is 6.36. The van der Waals surface area contributed by atoms with Gasteiger partial charge in [-0.2, -0.15) is 0 Å². The molecule has 0 fully saturated rings. The van der Waals surface area contributed by atoms with E-state index < -0.39 is 0 Å². The number of aryl methyl sites for hydroxylation is 1. The van der Waals surface area contributed by atoms with Gasteiger partial charge in [0.1, 0.15) is 5.82 Å². The molecule has 3 nitrogen and oxygen atoms in total. The summed E-state index contributed by atoms with van der Waals surface area (Å²) >= 11 is 1.77. The van der Waals surface area contributed by atoms with E-state index in [1.165, 1.54) is 16.0 Å². The predicted molar refractivity (Wildman–Crippen MR) is 121 cm³/mol. The molecule has 0 saturated carbocycles. The van der Waals surface area contributed by atoms with Gasteiger partial charge < -0.3 is 5.32 Å². The van der Waals surface area contributed by atoms with Crippen molar-refractivity contribution in [3.63, 3.8) is 0 Å². The van der Waals surface area contributed by atoms with Gasteiger partial charge in [-0.1, -0.05) is 49.6 Å². The molecule has 0 saturated heterocycles. The highest BCUT2D eigenvalue weighted by Gasteiger charge is 2.25. The van der Waals surface area contributed by atoms with Gasteiger partial charge in [0.15, 0.2) is 0 Å². The van der Waals surface area contributed by atoms with E-state index in [0.717, 1.165) is 39.2 Å². The number of anilines is 2. The minimum Gasteiger partial charge on any atom is -0.341 e. The zero-order valence-electron chi connectivity index (χ0n) is 15.6. The van der Waals surface area contributed by atoms with E-state index in [0.29, 0.717) is 0 Å². The lowest BCUT2D eigenvalue weighted by Gasteiger charge is -2.35. The number of fused-ring (bicyclic) bond motifs is 2. The molecule has 4 heteroatoms. The first-order chi connectivity index (χ1) is 13.6. The predicted octanol–water partition coefficient (Wildman–Crippen LogP) is 6.65. The Morgan fingerprint density at radius 2 is 1.86 bits per heavy atom. The zero-order valence-corrected chi connectivity index (χ0v) is 16.4. The summed E-state index contributed by atoms with van der Waals surface area (Å²) < 4.78 is 0. The van der Waals surface area contributed by atoms with Crippen LogP contribution in [-0.2, 0) is 0 Å². The third-order valence-corrected chi connectivity index (χ3v) is 6.05. The fourth-order valence-corrected chi connectivity index (χ4v) is 4.54. The molecule has 28 heavy (non-hydrogen) atoms. The second-order valence-electron chi connectivity index (χ2n) is 6.88. The van der Waals surface area contributed by atoms with Crippen LogP contribution in [0.2, 0.25) is 0 Å². The molecule has 136 valence electrons. The smallest absolute Gasteiger partial charge is 0.108 e. The molecule has 1 aliphatic rings. The SMILES string of the molecule is C=C1Nc2cc(-c3ccsc3C)ccc2C(=C)N1c1cncc2ccccc12. The van der Waals surface area contributed by atoms with Crippen LogP contribution in [0.3, 0.4) is 0 Å². The van der Waals surface area contributed by atoms with Crippen LogP contribution in [-0.4, -0.2) is 4.98 Å².